The third-order valence-corrected chi connectivity index (χ3v) is 7.16. The van der Waals surface area contributed by atoms with Crippen LogP contribution in [-0.4, -0.2) is 41.7 Å². The zero-order valence-corrected chi connectivity index (χ0v) is 16.8. The Bertz CT molecular complexity index is 495. The van der Waals surface area contributed by atoms with Gasteiger partial charge in [-0.05, 0) is 61.3 Å². The Morgan fingerprint density at radius 2 is 1.62 bits per heavy atom. The van der Waals surface area contributed by atoms with E-state index in [0.717, 1.165) is 5.06 Å². The first-order chi connectivity index (χ1) is 10.9. The van der Waals surface area contributed by atoms with Crippen LogP contribution in [0.1, 0.15) is 61.3 Å². The zero-order chi connectivity index (χ0) is 18.8. The molecule has 0 aromatic heterocycles. The fourth-order valence-corrected chi connectivity index (χ4v) is 4.92. The van der Waals surface area contributed by atoms with Crippen LogP contribution in [0, 0.1) is 5.41 Å². The quantitative estimate of drug-likeness (QED) is 0.505. The molecule has 1 saturated heterocycles. The lowest BCUT2D eigenvalue weighted by Crippen LogP contribution is -2.51. The molecule has 1 heterocycles. The number of ether oxygens (including phenoxy) is 1. The molecule has 0 saturated carbocycles. The van der Waals surface area contributed by atoms with Crippen LogP contribution in [-0.2, 0) is 28.4 Å². The van der Waals surface area contributed by atoms with Crippen molar-refractivity contribution in [1.29, 1.82) is 0 Å². The maximum Gasteiger partial charge on any atom is 0.352 e. The second-order valence-electron chi connectivity index (χ2n) is 7.67. The van der Waals surface area contributed by atoms with Gasteiger partial charge in [-0.25, -0.2) is 0 Å². The van der Waals surface area contributed by atoms with Gasteiger partial charge in [0.05, 0.1) is 24.2 Å². The highest BCUT2D eigenvalue weighted by Gasteiger charge is 2.62. The molecule has 8 heteroatoms. The Morgan fingerprint density at radius 1 is 1.12 bits per heavy atom. The van der Waals surface area contributed by atoms with Gasteiger partial charge in [0.1, 0.15) is 11.9 Å². The molecule has 0 unspecified atom stereocenters. The molecule has 1 rings (SSSR count). The van der Waals surface area contributed by atoms with Crippen LogP contribution in [0.25, 0.3) is 0 Å². The minimum absolute atomic E-state index is 0.0551. The average molecular weight is 364 g/mol. The smallest absolute Gasteiger partial charge is 0.352 e. The van der Waals surface area contributed by atoms with Gasteiger partial charge in [-0.15, -0.1) is 10.3 Å². The van der Waals surface area contributed by atoms with Crippen molar-refractivity contribution in [2.45, 2.75) is 72.1 Å². The number of hydrogen-bond acceptors (Lipinski definition) is 6. The number of hydroxylamine groups is 2. The third kappa shape index (κ3) is 4.02. The lowest BCUT2D eigenvalue weighted by Gasteiger charge is -2.39. The Labute approximate surface area is 145 Å². The first-order valence-electron chi connectivity index (χ1n) is 8.40. The van der Waals surface area contributed by atoms with Crippen molar-refractivity contribution in [2.75, 3.05) is 19.8 Å². The summed E-state index contributed by atoms with van der Waals surface area (Å²) < 4.78 is 29.2. The molecule has 1 fully saturated rings. The average Bonchev–Trinajstić information content (AvgIpc) is 2.71. The van der Waals surface area contributed by atoms with Crippen LogP contribution in [0.4, 0.5) is 0 Å². The summed E-state index contributed by atoms with van der Waals surface area (Å²) in [5, 5.41) is 12.5. The molecular weight excluding hydrogens is 333 g/mol. The number of carbonyl (C=O) groups is 1. The fraction of sp³-hybridized carbons (Fsp3) is 0.938. The van der Waals surface area contributed by atoms with Gasteiger partial charge in [0, 0.05) is 0 Å². The normalized spacial score (nSPS) is 29.0. The maximum absolute atomic E-state index is 13.1. The van der Waals surface area contributed by atoms with E-state index >= 15 is 0 Å². The number of nitrogens with zero attached hydrogens (tertiary/aromatic N) is 1. The summed E-state index contributed by atoms with van der Waals surface area (Å²) in [7, 11) is -3.62. The zero-order valence-electron chi connectivity index (χ0n) is 15.9. The summed E-state index contributed by atoms with van der Waals surface area (Å²) in [4.78, 5) is 12.0. The van der Waals surface area contributed by atoms with Crippen molar-refractivity contribution in [1.82, 2.24) is 5.06 Å². The van der Waals surface area contributed by atoms with Gasteiger partial charge in [-0.3, -0.25) is 9.36 Å². The van der Waals surface area contributed by atoms with Gasteiger partial charge in [0.25, 0.3) is 0 Å². The Kier molecular flexibility index (Phi) is 6.67. The van der Waals surface area contributed by atoms with Crippen LogP contribution >= 0.6 is 7.60 Å². The second-order valence-corrected chi connectivity index (χ2v) is 10.1. The molecule has 0 aromatic rings. The van der Waals surface area contributed by atoms with E-state index in [1.807, 2.05) is 0 Å². The van der Waals surface area contributed by atoms with Crippen molar-refractivity contribution < 1.29 is 28.4 Å². The second kappa shape index (κ2) is 7.42. The predicted molar refractivity (Wildman–Crippen MR) is 89.8 cm³/mol. The molecule has 0 aliphatic carbocycles. The van der Waals surface area contributed by atoms with E-state index in [4.69, 9.17) is 13.8 Å². The lowest BCUT2D eigenvalue weighted by molar-refractivity contribution is -0.247. The van der Waals surface area contributed by atoms with Gasteiger partial charge < -0.3 is 13.8 Å². The van der Waals surface area contributed by atoms with Crippen molar-refractivity contribution in [3.8, 4) is 0 Å². The first-order valence-corrected chi connectivity index (χ1v) is 9.94. The minimum atomic E-state index is -3.62. The highest BCUT2D eigenvalue weighted by molar-refractivity contribution is 7.55. The fourth-order valence-electron chi connectivity index (χ4n) is 2.76. The number of hydrogen-bond donors (Lipinski definition) is 0. The van der Waals surface area contributed by atoms with Crippen molar-refractivity contribution in [2.24, 2.45) is 5.41 Å². The highest BCUT2D eigenvalue weighted by atomic mass is 31.2. The Hall–Kier alpha value is -0.460. The van der Waals surface area contributed by atoms with Gasteiger partial charge in [0.15, 0.2) is 0 Å². The standard InChI is InChI=1S/C16H31NO6P/c1-8-22-24(20,23-9-2)16(7)11-10-15(6,17(16)19)12-21-13(18)14(3,4)5/h8-12H2,1-7H3/t15-,16-/m0/s1. The largest absolute Gasteiger partial charge is 0.463 e. The summed E-state index contributed by atoms with van der Waals surface area (Å²) in [6, 6.07) is 0. The third-order valence-electron chi connectivity index (χ3n) is 4.38. The van der Waals surface area contributed by atoms with Crippen LogP contribution in [0.2, 0.25) is 0 Å². The summed E-state index contributed by atoms with van der Waals surface area (Å²) in [6.45, 7) is 12.3. The Morgan fingerprint density at radius 3 is 2.04 bits per heavy atom. The number of carbonyl (C=O) groups excluding carboxylic acids is 1. The minimum Gasteiger partial charge on any atom is -0.463 e. The molecule has 0 N–H and O–H groups in total. The van der Waals surface area contributed by atoms with Gasteiger partial charge in [-0.2, -0.15) is 0 Å². The SMILES string of the molecule is CCOP(=O)(OCC)[C@@]1(C)CC[C@@](C)(COC(=O)C(C)(C)C)N1[O]. The molecular formula is C16H31NO6P. The van der Waals surface area contributed by atoms with Gasteiger partial charge >= 0.3 is 13.6 Å². The van der Waals surface area contributed by atoms with E-state index in [0.29, 0.717) is 12.8 Å². The topological polar surface area (TPSA) is 85.0 Å². The van der Waals surface area contributed by atoms with Crippen molar-refractivity contribution in [3.05, 3.63) is 0 Å². The predicted octanol–water partition coefficient (Wildman–Crippen LogP) is 3.76. The van der Waals surface area contributed by atoms with Gasteiger partial charge in [0.2, 0.25) is 0 Å². The van der Waals surface area contributed by atoms with Crippen LogP contribution in [0.5, 0.6) is 0 Å². The Balaban J connectivity index is 2.97. The molecule has 141 valence electrons. The molecule has 1 aliphatic rings. The molecule has 7 nitrogen and oxygen atoms in total. The summed E-state index contributed by atoms with van der Waals surface area (Å²) >= 11 is 0. The molecule has 24 heavy (non-hydrogen) atoms. The molecule has 0 bridgehead atoms. The lowest BCUT2D eigenvalue weighted by atomic mass is 9.97. The summed E-state index contributed by atoms with van der Waals surface area (Å²) in [5.41, 5.74) is -1.60. The summed E-state index contributed by atoms with van der Waals surface area (Å²) in [6.07, 6.45) is 0.784. The number of rotatable bonds is 7. The highest BCUT2D eigenvalue weighted by Crippen LogP contribution is 2.66. The number of esters is 1. The van der Waals surface area contributed by atoms with Crippen LogP contribution in [0.3, 0.4) is 0 Å². The van der Waals surface area contributed by atoms with E-state index < -0.39 is 23.8 Å². The molecule has 2 atom stereocenters. The molecule has 0 spiro atoms. The van der Waals surface area contributed by atoms with E-state index in [1.165, 1.54) is 0 Å². The molecule has 1 radical (unpaired) electrons. The van der Waals surface area contributed by atoms with Crippen molar-refractivity contribution in [3.63, 3.8) is 0 Å². The van der Waals surface area contributed by atoms with Crippen LogP contribution < -0.4 is 0 Å². The first kappa shape index (κ1) is 21.6. The maximum atomic E-state index is 13.1. The monoisotopic (exact) mass is 364 g/mol. The molecule has 1 aliphatic heterocycles. The molecule has 0 amide bonds. The summed E-state index contributed by atoms with van der Waals surface area (Å²) in [5.74, 6) is -0.372. The molecule has 0 aromatic carbocycles. The van der Waals surface area contributed by atoms with Crippen molar-refractivity contribution >= 4 is 13.6 Å². The van der Waals surface area contributed by atoms with E-state index in [2.05, 4.69) is 0 Å². The van der Waals surface area contributed by atoms with Crippen LogP contribution in [0.15, 0.2) is 0 Å². The van der Waals surface area contributed by atoms with E-state index in [-0.39, 0.29) is 25.8 Å². The van der Waals surface area contributed by atoms with Gasteiger partial charge in [-0.1, -0.05) is 0 Å². The van der Waals surface area contributed by atoms with E-state index in [9.17, 15) is 14.6 Å². The van der Waals surface area contributed by atoms with E-state index in [1.54, 1.807) is 48.5 Å².